The predicted molar refractivity (Wildman–Crippen MR) is 69.0 cm³/mol. The summed E-state index contributed by atoms with van der Waals surface area (Å²) in [6, 6.07) is 2.10. The molecule has 0 saturated carbocycles. The molecule has 0 aliphatic carbocycles. The van der Waals surface area contributed by atoms with Crippen molar-refractivity contribution < 1.29 is 4.79 Å². The monoisotopic (exact) mass is 250 g/mol. The predicted octanol–water partition coefficient (Wildman–Crippen LogP) is -0.215. The first-order valence-electron chi connectivity index (χ1n) is 5.93. The lowest BCUT2D eigenvalue weighted by Crippen LogP contribution is -2.35. The number of nitrogens with one attached hydrogen (secondary N) is 2. The molecule has 1 amide bonds. The number of hydrogen-bond donors (Lipinski definition) is 3. The zero-order valence-corrected chi connectivity index (χ0v) is 10.6. The van der Waals surface area contributed by atoms with E-state index in [-0.39, 0.29) is 11.9 Å². The van der Waals surface area contributed by atoms with Crippen LogP contribution in [0.2, 0.25) is 0 Å². The van der Waals surface area contributed by atoms with E-state index in [1.807, 2.05) is 13.0 Å². The van der Waals surface area contributed by atoms with Crippen LogP contribution in [0.4, 0.5) is 11.8 Å². The van der Waals surface area contributed by atoms with Gasteiger partial charge in [0.15, 0.2) is 0 Å². The molecule has 2 rings (SSSR count). The normalized spacial score (nSPS) is 18.8. The summed E-state index contributed by atoms with van der Waals surface area (Å²) in [5.41, 5.74) is 3.31. The number of amides is 1. The van der Waals surface area contributed by atoms with E-state index in [0.717, 1.165) is 31.0 Å². The molecule has 1 unspecified atom stereocenters. The Bertz CT molecular complexity index is 449. The molecule has 7 heteroatoms. The summed E-state index contributed by atoms with van der Waals surface area (Å²) in [5.74, 6) is 6.58. The van der Waals surface area contributed by atoms with Crippen molar-refractivity contribution in [2.24, 2.45) is 5.84 Å². The minimum Gasteiger partial charge on any atom is -0.354 e. The van der Waals surface area contributed by atoms with Crippen molar-refractivity contribution >= 4 is 17.7 Å². The van der Waals surface area contributed by atoms with Crippen molar-refractivity contribution in [2.75, 3.05) is 23.4 Å². The van der Waals surface area contributed by atoms with Gasteiger partial charge in [0.05, 0.1) is 0 Å². The van der Waals surface area contributed by atoms with Gasteiger partial charge in [-0.2, -0.15) is 4.98 Å². The van der Waals surface area contributed by atoms with Gasteiger partial charge < -0.3 is 10.2 Å². The van der Waals surface area contributed by atoms with E-state index in [1.54, 1.807) is 0 Å². The van der Waals surface area contributed by atoms with Gasteiger partial charge in [0.2, 0.25) is 11.9 Å². The average molecular weight is 250 g/mol. The Hall–Kier alpha value is -1.89. The van der Waals surface area contributed by atoms with Crippen molar-refractivity contribution in [1.29, 1.82) is 0 Å². The quantitative estimate of drug-likeness (QED) is 0.507. The number of nitrogens with two attached hydrogens (primary N) is 1. The topological polar surface area (TPSA) is 96.2 Å². The minimum absolute atomic E-state index is 0.00466. The second-order valence-electron chi connectivity index (χ2n) is 4.47. The number of rotatable bonds is 3. The summed E-state index contributed by atoms with van der Waals surface area (Å²) >= 11 is 0. The summed E-state index contributed by atoms with van der Waals surface area (Å²) in [6.45, 7) is 5.06. The standard InChI is InChI=1S/C11H18N6O/c1-7-5-10(15-11(13-7)16-12)17-4-3-9(6-17)14-8(2)18/h5,9H,3-4,6,12H2,1-2H3,(H,14,18)(H,13,15,16). The van der Waals surface area contributed by atoms with Crippen LogP contribution in [0.5, 0.6) is 0 Å². The van der Waals surface area contributed by atoms with E-state index in [9.17, 15) is 4.79 Å². The zero-order valence-electron chi connectivity index (χ0n) is 10.6. The second-order valence-corrected chi connectivity index (χ2v) is 4.47. The minimum atomic E-state index is 0.00466. The summed E-state index contributed by atoms with van der Waals surface area (Å²) < 4.78 is 0. The number of hydrazine groups is 1. The Kier molecular flexibility index (Phi) is 3.61. The van der Waals surface area contributed by atoms with Crippen LogP contribution in [-0.4, -0.2) is 35.0 Å². The maximum atomic E-state index is 11.0. The largest absolute Gasteiger partial charge is 0.354 e. The Balaban J connectivity index is 2.09. The molecule has 1 aliphatic rings. The molecule has 1 aliphatic heterocycles. The number of anilines is 2. The van der Waals surface area contributed by atoms with Gasteiger partial charge in [-0.15, -0.1) is 0 Å². The Labute approximate surface area is 106 Å². The highest BCUT2D eigenvalue weighted by molar-refractivity contribution is 5.73. The van der Waals surface area contributed by atoms with E-state index in [2.05, 4.69) is 25.6 Å². The number of nitrogen functional groups attached to an aromatic ring is 1. The van der Waals surface area contributed by atoms with Crippen LogP contribution < -0.4 is 21.5 Å². The van der Waals surface area contributed by atoms with Gasteiger partial charge in [-0.05, 0) is 13.3 Å². The maximum Gasteiger partial charge on any atom is 0.239 e. The average Bonchev–Trinajstić information content (AvgIpc) is 2.75. The molecule has 1 saturated heterocycles. The van der Waals surface area contributed by atoms with Gasteiger partial charge >= 0.3 is 0 Å². The number of carbonyl (C=O) groups excluding carboxylic acids is 1. The molecule has 1 aromatic rings. The lowest BCUT2D eigenvalue weighted by atomic mass is 10.2. The van der Waals surface area contributed by atoms with Crippen molar-refractivity contribution in [2.45, 2.75) is 26.3 Å². The number of carbonyl (C=O) groups is 1. The SMILES string of the molecule is CC(=O)NC1CCN(c2cc(C)nc(NN)n2)C1. The van der Waals surface area contributed by atoms with Gasteiger partial charge in [-0.3, -0.25) is 10.2 Å². The first-order chi connectivity index (χ1) is 8.58. The fraction of sp³-hybridized carbons (Fsp3) is 0.545. The molecule has 0 aromatic carbocycles. The summed E-state index contributed by atoms with van der Waals surface area (Å²) in [4.78, 5) is 21.6. The maximum absolute atomic E-state index is 11.0. The molecule has 2 heterocycles. The molecule has 1 fully saturated rings. The van der Waals surface area contributed by atoms with Gasteiger partial charge in [0.1, 0.15) is 5.82 Å². The highest BCUT2D eigenvalue weighted by Crippen LogP contribution is 2.20. The van der Waals surface area contributed by atoms with Crippen molar-refractivity contribution in [3.63, 3.8) is 0 Å². The molecule has 1 aromatic heterocycles. The molecular weight excluding hydrogens is 232 g/mol. The zero-order chi connectivity index (χ0) is 13.1. The Morgan fingerprint density at radius 3 is 3.00 bits per heavy atom. The lowest BCUT2D eigenvalue weighted by molar-refractivity contribution is -0.119. The molecule has 7 nitrogen and oxygen atoms in total. The molecule has 4 N–H and O–H groups in total. The van der Waals surface area contributed by atoms with E-state index >= 15 is 0 Å². The third-order valence-electron chi connectivity index (χ3n) is 2.89. The number of nitrogens with zero attached hydrogens (tertiary/aromatic N) is 3. The molecule has 18 heavy (non-hydrogen) atoms. The molecule has 0 radical (unpaired) electrons. The van der Waals surface area contributed by atoms with Crippen molar-refractivity contribution in [3.05, 3.63) is 11.8 Å². The van der Waals surface area contributed by atoms with Crippen LogP contribution in [0.15, 0.2) is 6.07 Å². The smallest absolute Gasteiger partial charge is 0.239 e. The first kappa shape index (κ1) is 12.6. The summed E-state index contributed by atoms with van der Waals surface area (Å²) in [7, 11) is 0. The van der Waals surface area contributed by atoms with Crippen LogP contribution in [0.1, 0.15) is 19.0 Å². The molecular formula is C11H18N6O. The van der Waals surface area contributed by atoms with Crippen molar-refractivity contribution in [3.8, 4) is 0 Å². The third-order valence-corrected chi connectivity index (χ3v) is 2.89. The van der Waals surface area contributed by atoms with E-state index in [4.69, 9.17) is 5.84 Å². The third kappa shape index (κ3) is 2.86. The highest BCUT2D eigenvalue weighted by atomic mass is 16.1. The molecule has 98 valence electrons. The number of aryl methyl sites for hydroxylation is 1. The first-order valence-corrected chi connectivity index (χ1v) is 5.93. The molecule has 0 spiro atoms. The fourth-order valence-corrected chi connectivity index (χ4v) is 2.15. The van der Waals surface area contributed by atoms with Crippen molar-refractivity contribution in [1.82, 2.24) is 15.3 Å². The van der Waals surface area contributed by atoms with Crippen LogP contribution in [-0.2, 0) is 4.79 Å². The van der Waals surface area contributed by atoms with Crippen LogP contribution in [0.25, 0.3) is 0 Å². The lowest BCUT2D eigenvalue weighted by Gasteiger charge is -2.18. The molecule has 1 atom stereocenters. The highest BCUT2D eigenvalue weighted by Gasteiger charge is 2.24. The number of aromatic nitrogens is 2. The number of hydrogen-bond acceptors (Lipinski definition) is 6. The summed E-state index contributed by atoms with van der Waals surface area (Å²) in [5, 5.41) is 2.92. The van der Waals surface area contributed by atoms with Crippen LogP contribution >= 0.6 is 0 Å². The van der Waals surface area contributed by atoms with E-state index < -0.39 is 0 Å². The van der Waals surface area contributed by atoms with Gasteiger partial charge in [-0.25, -0.2) is 10.8 Å². The fourth-order valence-electron chi connectivity index (χ4n) is 2.15. The second kappa shape index (κ2) is 5.18. The van der Waals surface area contributed by atoms with Crippen LogP contribution in [0, 0.1) is 6.92 Å². The van der Waals surface area contributed by atoms with Crippen LogP contribution in [0.3, 0.4) is 0 Å². The molecule has 0 bridgehead atoms. The Morgan fingerprint density at radius 2 is 2.33 bits per heavy atom. The van der Waals surface area contributed by atoms with Gasteiger partial charge in [0, 0.05) is 37.8 Å². The van der Waals surface area contributed by atoms with E-state index in [0.29, 0.717) is 5.95 Å². The van der Waals surface area contributed by atoms with Gasteiger partial charge in [-0.1, -0.05) is 0 Å². The Morgan fingerprint density at radius 1 is 1.56 bits per heavy atom. The summed E-state index contributed by atoms with van der Waals surface area (Å²) in [6.07, 6.45) is 0.925. The van der Waals surface area contributed by atoms with E-state index in [1.165, 1.54) is 6.92 Å². The van der Waals surface area contributed by atoms with Gasteiger partial charge in [0.25, 0.3) is 0 Å².